The fraction of sp³-hybridized carbons (Fsp3) is 0. The normalized spacial score (nSPS) is 15.4. The van der Waals surface area contributed by atoms with Gasteiger partial charge in [0, 0.05) is 33.9 Å². The number of amides is 2. The molecule has 0 fully saturated rings. The molecule has 10 N–H and O–H groups in total. The van der Waals surface area contributed by atoms with Crippen LogP contribution in [0, 0.1) is 0 Å². The maximum atomic E-state index is 13.3. The molecule has 2 aliphatic rings. The van der Waals surface area contributed by atoms with Crippen molar-refractivity contribution in [1.82, 2.24) is 0 Å². The minimum atomic E-state index is -4.94. The number of fused-ring (bicyclic) bond motifs is 2. The van der Waals surface area contributed by atoms with E-state index in [-0.39, 0.29) is 63.2 Å². The van der Waals surface area contributed by atoms with Gasteiger partial charge < -0.3 is 22.1 Å². The number of urea groups is 1. The summed E-state index contributed by atoms with van der Waals surface area (Å²) in [5, 5.41) is 12.9. The van der Waals surface area contributed by atoms with E-state index in [1.165, 1.54) is 48.5 Å². The first-order chi connectivity index (χ1) is 24.6. The topological polar surface area (TPSA) is 285 Å². The molecule has 4 aromatic rings. The number of nitrogens with one attached hydrogen (secondary N) is 4. The van der Waals surface area contributed by atoms with Crippen LogP contribution in [-0.4, -0.2) is 55.0 Å². The van der Waals surface area contributed by atoms with Crippen molar-refractivity contribution in [3.05, 3.63) is 117 Å². The van der Waals surface area contributed by atoms with Crippen LogP contribution in [0.3, 0.4) is 0 Å². The number of benzene rings is 4. The van der Waals surface area contributed by atoms with Crippen molar-refractivity contribution in [2.75, 3.05) is 33.0 Å². The van der Waals surface area contributed by atoms with Gasteiger partial charge in [0.15, 0.2) is 11.4 Å². The van der Waals surface area contributed by atoms with Crippen molar-refractivity contribution in [1.29, 1.82) is 0 Å². The monoisotopic (exact) mass is 765 g/mol. The Balaban J connectivity index is 0.00000541. The van der Waals surface area contributed by atoms with E-state index in [0.29, 0.717) is 22.7 Å². The summed E-state index contributed by atoms with van der Waals surface area (Å²) in [6.07, 6.45) is 2.05. The number of hydrazone groups is 2. The Labute approximate surface area is 323 Å². The number of anilines is 6. The van der Waals surface area contributed by atoms with Crippen LogP contribution in [0.25, 0.3) is 12.2 Å². The second-order valence-electron chi connectivity index (χ2n) is 11.2. The summed E-state index contributed by atoms with van der Waals surface area (Å²) < 4.78 is 68.8. The Morgan fingerprint density at radius 2 is 0.981 bits per heavy atom. The molecule has 20 heteroatoms. The van der Waals surface area contributed by atoms with Crippen molar-refractivity contribution in [2.45, 2.75) is 0 Å². The predicted octanol–water partition coefficient (Wildman–Crippen LogP) is 1.29. The standard InChI is InChI=1S/C33H26N8O9S2.Na/c34-19-3-1-5-23(15-19)38-40-29-27(51(45,46)47)13-17-11-21(7-9-25(17)31(29)42)36-33(44)37-22-8-10-26-18(12-22)14-28(52(48,49)50)30(32(26)43)41-39-24-6-2-4-20(35)16-24;/h1-16,38-39H,34-35H2,(H2,36,37,44)(H,45,46,47)(H,48,49,50);/q;+1/b40-29-,41-30+;. The molecule has 0 aromatic heterocycles. The first-order valence-electron chi connectivity index (χ1n) is 14.8. The average Bonchev–Trinajstić information content (AvgIpc) is 3.06. The Morgan fingerprint density at radius 3 is 1.34 bits per heavy atom. The van der Waals surface area contributed by atoms with Crippen LogP contribution < -0.4 is 62.5 Å². The van der Waals surface area contributed by atoms with Gasteiger partial charge in [-0.1, -0.05) is 12.1 Å². The van der Waals surface area contributed by atoms with Gasteiger partial charge in [0.05, 0.1) is 11.4 Å². The van der Waals surface area contributed by atoms with E-state index in [4.69, 9.17) is 11.5 Å². The smallest absolute Gasteiger partial charge is 0.399 e. The number of carbonyl (C=O) groups excluding carboxylic acids is 3. The minimum absolute atomic E-state index is 0. The zero-order valence-electron chi connectivity index (χ0n) is 27.4. The third kappa shape index (κ3) is 8.69. The molecule has 0 aliphatic heterocycles. The van der Waals surface area contributed by atoms with Crippen LogP contribution in [0.1, 0.15) is 31.8 Å². The van der Waals surface area contributed by atoms with E-state index in [1.807, 2.05) is 0 Å². The predicted molar refractivity (Wildman–Crippen MR) is 197 cm³/mol. The maximum Gasteiger partial charge on any atom is 1.00 e. The van der Waals surface area contributed by atoms with Crippen molar-refractivity contribution in [3.63, 3.8) is 0 Å². The van der Waals surface area contributed by atoms with Crippen molar-refractivity contribution in [3.8, 4) is 0 Å². The Morgan fingerprint density at radius 1 is 0.585 bits per heavy atom. The van der Waals surface area contributed by atoms with Crippen LogP contribution in [0.2, 0.25) is 0 Å². The number of nitrogens with zero attached hydrogens (tertiary/aromatic N) is 2. The Hall–Kier alpha value is -5.67. The molecule has 0 unspecified atom stereocenters. The number of nitrogens with two attached hydrogens (primary N) is 2. The van der Waals surface area contributed by atoms with E-state index in [1.54, 1.807) is 36.4 Å². The van der Waals surface area contributed by atoms with Crippen LogP contribution in [0.15, 0.2) is 105 Å². The number of hydrogen-bond donors (Lipinski definition) is 8. The summed E-state index contributed by atoms with van der Waals surface area (Å²) >= 11 is 0. The third-order valence-corrected chi connectivity index (χ3v) is 9.23. The summed E-state index contributed by atoms with van der Waals surface area (Å²) in [4.78, 5) is 38.0. The van der Waals surface area contributed by atoms with Crippen LogP contribution in [0.5, 0.6) is 0 Å². The summed E-state index contributed by atoms with van der Waals surface area (Å²) in [7, 11) is -9.88. The van der Waals surface area contributed by atoms with E-state index >= 15 is 0 Å². The number of ketones is 2. The fourth-order valence-electron chi connectivity index (χ4n) is 5.19. The van der Waals surface area contributed by atoms with E-state index < -0.39 is 59.1 Å². The molecule has 4 aromatic carbocycles. The van der Waals surface area contributed by atoms with Crippen molar-refractivity contribution >= 4 is 95.5 Å². The van der Waals surface area contributed by atoms with E-state index in [2.05, 4.69) is 31.7 Å². The number of Topliss-reactive ketones (excluding diaryl/α,β-unsaturated/α-hetero) is 2. The van der Waals surface area contributed by atoms with Gasteiger partial charge in [0.25, 0.3) is 20.2 Å². The van der Waals surface area contributed by atoms with Gasteiger partial charge in [-0.25, -0.2) is 4.79 Å². The first kappa shape index (κ1) is 38.6. The van der Waals surface area contributed by atoms with Crippen LogP contribution in [-0.2, 0) is 20.2 Å². The largest absolute Gasteiger partial charge is 1.00 e. The van der Waals surface area contributed by atoms with Crippen molar-refractivity contribution < 1.29 is 69.9 Å². The first-order valence-corrected chi connectivity index (χ1v) is 17.7. The van der Waals surface area contributed by atoms with Gasteiger partial charge in [-0.2, -0.15) is 27.0 Å². The molecule has 0 saturated heterocycles. The minimum Gasteiger partial charge on any atom is -0.399 e. The molecule has 2 aliphatic carbocycles. The molecule has 0 spiro atoms. The molecule has 53 heavy (non-hydrogen) atoms. The molecular formula is C33H26N8NaO9S2+. The zero-order valence-corrected chi connectivity index (χ0v) is 31.0. The summed E-state index contributed by atoms with van der Waals surface area (Å²) in [5.74, 6) is -1.65. The Kier molecular flexibility index (Phi) is 11.0. The summed E-state index contributed by atoms with van der Waals surface area (Å²) in [6, 6.07) is 19.8. The van der Waals surface area contributed by atoms with Crippen LogP contribution in [0.4, 0.5) is 38.9 Å². The van der Waals surface area contributed by atoms with Gasteiger partial charge in [-0.05, 0) is 96.1 Å². The third-order valence-electron chi connectivity index (χ3n) is 7.50. The summed E-state index contributed by atoms with van der Waals surface area (Å²) in [5.41, 5.74) is 17.3. The Bertz CT molecular complexity index is 2400. The van der Waals surface area contributed by atoms with Gasteiger partial charge in [-0.3, -0.25) is 29.5 Å². The molecule has 0 atom stereocenters. The number of carbonyl (C=O) groups is 3. The fourth-order valence-corrected chi connectivity index (χ4v) is 6.50. The quantitative estimate of drug-likeness (QED) is 0.0544. The van der Waals surface area contributed by atoms with E-state index in [9.17, 15) is 40.3 Å². The molecule has 0 radical (unpaired) electrons. The zero-order chi connectivity index (χ0) is 37.4. The van der Waals surface area contributed by atoms with Gasteiger partial charge in [0.2, 0.25) is 11.6 Å². The van der Waals surface area contributed by atoms with Crippen molar-refractivity contribution in [2.24, 2.45) is 10.2 Å². The van der Waals surface area contributed by atoms with Gasteiger partial charge >= 0.3 is 35.6 Å². The molecule has 2 amide bonds. The number of hydrogen-bond acceptors (Lipinski definition) is 13. The number of rotatable bonds is 8. The second-order valence-corrected chi connectivity index (χ2v) is 14.0. The van der Waals surface area contributed by atoms with Gasteiger partial charge in [-0.15, -0.1) is 0 Å². The number of nitrogen functional groups attached to an aromatic ring is 2. The van der Waals surface area contributed by atoms with Gasteiger partial charge in [0.1, 0.15) is 9.81 Å². The number of allylic oxidation sites excluding steroid dienone is 2. The average molecular weight is 766 g/mol. The molecular weight excluding hydrogens is 740 g/mol. The van der Waals surface area contributed by atoms with E-state index in [0.717, 1.165) is 12.2 Å². The maximum absolute atomic E-state index is 13.3. The molecule has 6 rings (SSSR count). The second kappa shape index (κ2) is 15.1. The summed E-state index contributed by atoms with van der Waals surface area (Å²) in [6.45, 7) is 0. The molecule has 0 heterocycles. The van der Waals surface area contributed by atoms with Crippen LogP contribution >= 0.6 is 0 Å². The molecule has 264 valence electrons. The molecule has 0 bridgehead atoms. The molecule has 17 nitrogen and oxygen atoms in total. The SMILES string of the molecule is Nc1cccc(N/N=C2/C(=O)c3ccc(NC(=O)Nc4ccc5c(c4)C=C(S(=O)(=O)O)/C(=N/Nc4cccc(N)c4)C5=O)cc3C=C2S(=O)(=O)O)c1.[Na+]. The molecule has 0 saturated carbocycles.